The molecular weight excluding hydrogens is 1120 g/mol. The number of hydrogen-bond donors (Lipinski definition) is 0. The minimum absolute atomic E-state index is 0.242. The molecule has 1 radical (unpaired) electrons. The molecule has 0 fully saturated rings. The van der Waals surface area contributed by atoms with Crippen molar-refractivity contribution in [3.63, 3.8) is 0 Å². The molecular formula is C84H58B2N5O. The molecule has 3 aliphatic rings. The van der Waals surface area contributed by atoms with Gasteiger partial charge in [0.25, 0.3) is 6.71 Å². The number of benzene rings is 14. The normalized spacial score (nSPS) is 12.4. The Morgan fingerprint density at radius 3 is 1.29 bits per heavy atom. The third-order valence-electron chi connectivity index (χ3n) is 18.0. The zero-order valence-corrected chi connectivity index (χ0v) is 50.3. The van der Waals surface area contributed by atoms with Crippen LogP contribution in [-0.4, -0.2) is 14.0 Å². The van der Waals surface area contributed by atoms with E-state index >= 15 is 0 Å². The Bertz CT molecular complexity index is 4870. The lowest BCUT2D eigenvalue weighted by Gasteiger charge is -2.46. The van der Waals surface area contributed by atoms with E-state index in [2.05, 4.69) is 384 Å². The second-order valence-electron chi connectivity index (χ2n) is 23.5. The average Bonchev–Trinajstić information content (AvgIpc) is 0.693. The monoisotopic (exact) mass is 1170 g/mol. The van der Waals surface area contributed by atoms with Gasteiger partial charge in [-0.3, -0.25) is 0 Å². The molecule has 0 N–H and O–H groups in total. The Kier molecular flexibility index (Phi) is 13.7. The largest absolute Gasteiger partial charge is 0.458 e. The molecule has 0 amide bonds. The first-order valence-corrected chi connectivity index (χ1v) is 31.4. The van der Waals surface area contributed by atoms with E-state index in [0.717, 1.165) is 124 Å². The van der Waals surface area contributed by atoms with Gasteiger partial charge in [0.05, 0.1) is 22.7 Å². The lowest BCUT2D eigenvalue weighted by atomic mass is 9.33. The van der Waals surface area contributed by atoms with E-state index in [-0.39, 0.29) is 6.71 Å². The van der Waals surface area contributed by atoms with Crippen LogP contribution < -0.4 is 56.6 Å². The fraction of sp³-hybridized carbons (Fsp3) is 0. The third-order valence-corrected chi connectivity index (χ3v) is 18.0. The van der Waals surface area contributed by atoms with E-state index in [0.29, 0.717) is 5.75 Å². The highest BCUT2D eigenvalue weighted by atomic mass is 16.5. The van der Waals surface area contributed by atoms with Crippen LogP contribution in [0.4, 0.5) is 85.3 Å². The number of ether oxygens (including phenoxy) is 1. The quantitative estimate of drug-likeness (QED) is 0.120. The summed E-state index contributed by atoms with van der Waals surface area (Å²) < 4.78 is 7.24. The van der Waals surface area contributed by atoms with E-state index in [9.17, 15) is 0 Å². The molecule has 0 aromatic heterocycles. The van der Waals surface area contributed by atoms with Gasteiger partial charge in [0.1, 0.15) is 11.5 Å². The molecule has 17 rings (SSSR count). The summed E-state index contributed by atoms with van der Waals surface area (Å²) in [5, 5.41) is 0. The third kappa shape index (κ3) is 9.56. The Morgan fingerprint density at radius 2 is 0.739 bits per heavy atom. The van der Waals surface area contributed by atoms with Crippen molar-refractivity contribution in [2.75, 3.05) is 24.5 Å². The highest BCUT2D eigenvalue weighted by Gasteiger charge is 2.46. The second-order valence-corrected chi connectivity index (χ2v) is 23.5. The number of anilines is 15. The zero-order valence-electron chi connectivity index (χ0n) is 50.3. The van der Waals surface area contributed by atoms with Crippen LogP contribution in [0.2, 0.25) is 0 Å². The first-order chi connectivity index (χ1) is 45.7. The molecule has 92 heavy (non-hydrogen) atoms. The number of fused-ring (bicyclic) bond motifs is 8. The predicted molar refractivity (Wildman–Crippen MR) is 387 cm³/mol. The maximum absolute atomic E-state index is 7.24. The van der Waals surface area contributed by atoms with Crippen molar-refractivity contribution in [3.8, 4) is 33.8 Å². The molecule has 14 aromatic carbocycles. The SMILES string of the molecule is [B]1c2ccccc2Oc2cc(N(c3ccccc3)c3ccccc3)cc(c2)N(c2ccccc2)c2cc3c(cc21)B1c2ccccc2N(c2ccccc2)c2cc(N(c4ccccc4)c4ccccc4)cc(c21)N3c1c(-c2ccccc2)cccc1-c1ccccc1. The van der Waals surface area contributed by atoms with Gasteiger partial charge in [0.2, 0.25) is 0 Å². The molecule has 0 saturated carbocycles. The highest BCUT2D eigenvalue weighted by molar-refractivity contribution is 7.00. The van der Waals surface area contributed by atoms with Crippen LogP contribution in [0.25, 0.3) is 22.3 Å². The fourth-order valence-electron chi connectivity index (χ4n) is 14.1. The van der Waals surface area contributed by atoms with E-state index in [4.69, 9.17) is 4.74 Å². The Morgan fingerprint density at radius 1 is 0.283 bits per heavy atom. The van der Waals surface area contributed by atoms with Gasteiger partial charge in [-0.25, -0.2) is 0 Å². The summed E-state index contributed by atoms with van der Waals surface area (Å²) >= 11 is 0. The Hall–Kier alpha value is -12.0. The van der Waals surface area contributed by atoms with Gasteiger partial charge in [0, 0.05) is 85.8 Å². The number of para-hydroxylation sites is 9. The van der Waals surface area contributed by atoms with E-state index in [1.165, 1.54) is 16.4 Å². The summed E-state index contributed by atoms with van der Waals surface area (Å²) in [5.74, 6) is 1.47. The predicted octanol–water partition coefficient (Wildman–Crippen LogP) is 19.3. The molecule has 431 valence electrons. The van der Waals surface area contributed by atoms with Crippen molar-refractivity contribution in [2.24, 2.45) is 0 Å². The van der Waals surface area contributed by atoms with E-state index < -0.39 is 0 Å². The van der Waals surface area contributed by atoms with Crippen LogP contribution in [0.15, 0.2) is 352 Å². The minimum atomic E-state index is -0.242. The Balaban J connectivity index is 1.03. The van der Waals surface area contributed by atoms with Crippen LogP contribution in [0.3, 0.4) is 0 Å². The van der Waals surface area contributed by atoms with Gasteiger partial charge in [-0.1, -0.05) is 236 Å². The van der Waals surface area contributed by atoms with E-state index in [1.807, 2.05) is 0 Å². The Labute approximate surface area is 538 Å². The van der Waals surface area contributed by atoms with Crippen LogP contribution in [0, 0.1) is 0 Å². The second kappa shape index (κ2) is 23.2. The van der Waals surface area contributed by atoms with Gasteiger partial charge < -0.3 is 29.2 Å². The molecule has 2 bridgehead atoms. The average molecular weight is 1180 g/mol. The minimum Gasteiger partial charge on any atom is -0.458 e. The number of hydrogen-bond acceptors (Lipinski definition) is 6. The van der Waals surface area contributed by atoms with Crippen LogP contribution in [-0.2, 0) is 0 Å². The first kappa shape index (κ1) is 54.2. The highest BCUT2D eigenvalue weighted by Crippen LogP contribution is 2.53. The molecule has 8 heteroatoms. The maximum Gasteiger partial charge on any atom is 0.252 e. The van der Waals surface area contributed by atoms with Gasteiger partial charge in [-0.05, 0) is 142 Å². The lowest BCUT2D eigenvalue weighted by Crippen LogP contribution is -2.62. The van der Waals surface area contributed by atoms with Crippen molar-refractivity contribution in [2.45, 2.75) is 0 Å². The molecule has 3 heterocycles. The molecule has 3 aliphatic heterocycles. The summed E-state index contributed by atoms with van der Waals surface area (Å²) in [7, 11) is 2.34. The van der Waals surface area contributed by atoms with Gasteiger partial charge in [-0.2, -0.15) is 0 Å². The number of rotatable bonds is 11. The van der Waals surface area contributed by atoms with Crippen molar-refractivity contribution < 1.29 is 4.74 Å². The van der Waals surface area contributed by atoms with Crippen molar-refractivity contribution >= 4 is 127 Å². The summed E-state index contributed by atoms with van der Waals surface area (Å²) in [4.78, 5) is 12.3. The maximum atomic E-state index is 7.24. The zero-order chi connectivity index (χ0) is 60.9. The lowest BCUT2D eigenvalue weighted by molar-refractivity contribution is 0.487. The van der Waals surface area contributed by atoms with Crippen LogP contribution >= 0.6 is 0 Å². The molecule has 0 aliphatic carbocycles. The number of nitrogens with zero attached hydrogens (tertiary/aromatic N) is 5. The van der Waals surface area contributed by atoms with Crippen molar-refractivity contribution in [1.29, 1.82) is 0 Å². The van der Waals surface area contributed by atoms with Crippen LogP contribution in [0.5, 0.6) is 11.5 Å². The van der Waals surface area contributed by atoms with Crippen LogP contribution in [0.1, 0.15) is 0 Å². The van der Waals surface area contributed by atoms with Gasteiger partial charge in [-0.15, -0.1) is 0 Å². The summed E-state index contributed by atoms with van der Waals surface area (Å²) in [6.07, 6.45) is 0. The first-order valence-electron chi connectivity index (χ1n) is 31.4. The van der Waals surface area contributed by atoms with E-state index in [1.54, 1.807) is 0 Å². The molecule has 0 unspecified atom stereocenters. The standard InChI is InChI=1S/C84H58B2N5O/c1-9-30-59(31-10-1)71-46-29-47-72(60-32-11-2-12-33-60)84(71)91-79-58-78-74(85-73-48-25-28-51-82(73)92-70-53-67(52-68(54-70)89(78)65-42-21-7-22-43-65)87(61-34-13-3-14-35-61)62-36-15-4-16-37-62)57-76(79)86-75-49-26-27-50-77(75)90(66-44-23-8-24-45-66)80-55-69(56-81(91)83(80)86)88(63-38-17-5-18-39-63)64-40-19-6-20-41-64/h1-58H. The smallest absolute Gasteiger partial charge is 0.252 e. The van der Waals surface area contributed by atoms with Crippen molar-refractivity contribution in [3.05, 3.63) is 352 Å². The fourth-order valence-corrected chi connectivity index (χ4v) is 14.1. The summed E-state index contributed by atoms with van der Waals surface area (Å²) in [6, 6.07) is 128. The molecule has 14 aromatic rings. The molecule has 0 atom stereocenters. The molecule has 0 saturated heterocycles. The molecule has 6 nitrogen and oxygen atoms in total. The topological polar surface area (TPSA) is 25.4 Å². The summed E-state index contributed by atoms with van der Waals surface area (Å²) in [5.41, 5.74) is 25.5. The summed E-state index contributed by atoms with van der Waals surface area (Å²) in [6.45, 7) is -0.242. The molecule has 0 spiro atoms. The van der Waals surface area contributed by atoms with Crippen molar-refractivity contribution in [1.82, 2.24) is 0 Å². The van der Waals surface area contributed by atoms with Gasteiger partial charge >= 0.3 is 0 Å². The van der Waals surface area contributed by atoms with Gasteiger partial charge in [0.15, 0.2) is 7.28 Å².